The smallest absolute Gasteiger partial charge is 0.264 e. The summed E-state index contributed by atoms with van der Waals surface area (Å²) in [7, 11) is -3.34. The fraction of sp³-hybridized carbons (Fsp3) is 0.417. The Hall–Kier alpha value is -1.40. The zero-order valence-corrected chi connectivity index (χ0v) is 11.3. The molecule has 6 heteroatoms. The van der Waals surface area contributed by atoms with Crippen molar-refractivity contribution in [2.24, 2.45) is 0 Å². The first-order valence-electron chi connectivity index (χ1n) is 5.72. The Kier molecular flexibility index (Phi) is 3.68. The Morgan fingerprint density at radius 3 is 2.89 bits per heavy atom. The maximum atomic E-state index is 10.8. The van der Waals surface area contributed by atoms with E-state index in [1.54, 1.807) is 0 Å². The minimum Gasteiger partial charge on any atom is -0.270 e. The molecule has 0 aliphatic heterocycles. The summed E-state index contributed by atoms with van der Waals surface area (Å²) < 4.78 is 28.2. The van der Waals surface area contributed by atoms with Crippen LogP contribution in [-0.4, -0.2) is 31.1 Å². The maximum Gasteiger partial charge on any atom is 0.264 e. The second kappa shape index (κ2) is 5.07. The van der Waals surface area contributed by atoms with E-state index in [9.17, 15) is 8.42 Å². The molecule has 5 nitrogen and oxygen atoms in total. The van der Waals surface area contributed by atoms with E-state index in [1.165, 1.54) is 5.56 Å². The van der Waals surface area contributed by atoms with E-state index in [0.29, 0.717) is 13.0 Å². The fourth-order valence-electron chi connectivity index (χ4n) is 1.78. The molecule has 0 bridgehead atoms. The number of aromatic nitrogens is 2. The molecular weight excluding hydrogens is 252 g/mol. The lowest BCUT2D eigenvalue weighted by atomic mass is 10.2. The van der Waals surface area contributed by atoms with Crippen LogP contribution in [0.2, 0.25) is 0 Å². The molecular formula is C12H16N2O3S. The van der Waals surface area contributed by atoms with Gasteiger partial charge in [0.1, 0.15) is 0 Å². The van der Waals surface area contributed by atoms with Gasteiger partial charge in [0.2, 0.25) is 0 Å². The maximum absolute atomic E-state index is 10.8. The van der Waals surface area contributed by atoms with Gasteiger partial charge in [-0.25, -0.2) is 0 Å². The Bertz CT molecular complexity index is 646. The number of fused-ring (bicyclic) bond motifs is 1. The van der Waals surface area contributed by atoms with Crippen LogP contribution in [0, 0.1) is 6.92 Å². The van der Waals surface area contributed by atoms with Crippen LogP contribution in [0.25, 0.3) is 10.9 Å². The van der Waals surface area contributed by atoms with Crippen LogP contribution in [0.1, 0.15) is 12.0 Å². The zero-order chi connectivity index (χ0) is 13.2. The van der Waals surface area contributed by atoms with Gasteiger partial charge in [-0.15, -0.1) is 0 Å². The number of hydrogen-bond acceptors (Lipinski definition) is 4. The van der Waals surface area contributed by atoms with Crippen molar-refractivity contribution in [1.29, 1.82) is 0 Å². The third-order valence-corrected chi connectivity index (χ3v) is 3.21. The number of benzene rings is 1. The summed E-state index contributed by atoms with van der Waals surface area (Å²) in [6, 6.07) is 6.14. The van der Waals surface area contributed by atoms with Crippen molar-refractivity contribution in [2.45, 2.75) is 19.9 Å². The Morgan fingerprint density at radius 2 is 2.17 bits per heavy atom. The normalized spacial score (nSPS) is 12.1. The fourth-order valence-corrected chi connectivity index (χ4v) is 2.20. The minimum atomic E-state index is -3.34. The summed E-state index contributed by atoms with van der Waals surface area (Å²) in [6.45, 7) is 2.86. The number of rotatable bonds is 5. The molecule has 18 heavy (non-hydrogen) atoms. The van der Waals surface area contributed by atoms with Gasteiger partial charge in [0.15, 0.2) is 0 Å². The monoisotopic (exact) mass is 268 g/mol. The minimum absolute atomic E-state index is 0.187. The lowest BCUT2D eigenvalue weighted by Gasteiger charge is -2.04. The highest BCUT2D eigenvalue weighted by molar-refractivity contribution is 7.85. The highest BCUT2D eigenvalue weighted by Crippen LogP contribution is 2.15. The molecule has 0 radical (unpaired) electrons. The molecule has 0 aliphatic carbocycles. The Balaban J connectivity index is 2.02. The van der Waals surface area contributed by atoms with Crippen LogP contribution in [0.3, 0.4) is 0 Å². The third kappa shape index (κ3) is 3.30. The van der Waals surface area contributed by atoms with Crippen LogP contribution in [0.4, 0.5) is 0 Å². The molecule has 0 saturated heterocycles. The molecule has 0 fully saturated rings. The van der Waals surface area contributed by atoms with Crippen LogP contribution in [0.15, 0.2) is 24.4 Å². The van der Waals surface area contributed by atoms with E-state index in [4.69, 9.17) is 4.18 Å². The molecule has 1 aromatic carbocycles. The molecule has 0 atom stereocenters. The highest BCUT2D eigenvalue weighted by Gasteiger charge is 2.04. The highest BCUT2D eigenvalue weighted by atomic mass is 32.2. The lowest BCUT2D eigenvalue weighted by Crippen LogP contribution is -2.08. The predicted octanol–water partition coefficient (Wildman–Crippen LogP) is 1.71. The topological polar surface area (TPSA) is 61.2 Å². The molecule has 2 aromatic rings. The van der Waals surface area contributed by atoms with E-state index in [2.05, 4.69) is 11.2 Å². The van der Waals surface area contributed by atoms with Gasteiger partial charge in [-0.3, -0.25) is 8.86 Å². The van der Waals surface area contributed by atoms with E-state index in [1.807, 2.05) is 29.9 Å². The van der Waals surface area contributed by atoms with Gasteiger partial charge in [0.05, 0.1) is 24.6 Å². The van der Waals surface area contributed by atoms with Crippen LogP contribution in [-0.2, 0) is 20.8 Å². The second-order valence-corrected chi connectivity index (χ2v) is 5.95. The summed E-state index contributed by atoms with van der Waals surface area (Å²) in [5.41, 5.74) is 2.24. The lowest BCUT2D eigenvalue weighted by molar-refractivity contribution is 0.305. The van der Waals surface area contributed by atoms with Gasteiger partial charge < -0.3 is 0 Å². The number of nitrogens with zero attached hydrogens (tertiary/aromatic N) is 2. The first-order valence-corrected chi connectivity index (χ1v) is 7.54. The third-order valence-electron chi connectivity index (χ3n) is 2.61. The molecule has 0 spiro atoms. The standard InChI is InChI=1S/C12H16N2O3S/c1-10-4-5-11-9-13-14(12(11)8-10)6-3-7-17-18(2,15)16/h4-5,8-9H,3,6-7H2,1-2H3. The summed E-state index contributed by atoms with van der Waals surface area (Å²) in [5.74, 6) is 0. The van der Waals surface area contributed by atoms with Gasteiger partial charge in [-0.2, -0.15) is 13.5 Å². The van der Waals surface area contributed by atoms with Crippen LogP contribution in [0.5, 0.6) is 0 Å². The van der Waals surface area contributed by atoms with Crippen molar-refractivity contribution < 1.29 is 12.6 Å². The van der Waals surface area contributed by atoms with Crippen molar-refractivity contribution in [1.82, 2.24) is 9.78 Å². The van der Waals surface area contributed by atoms with E-state index >= 15 is 0 Å². The van der Waals surface area contributed by atoms with E-state index in [-0.39, 0.29) is 6.61 Å². The number of hydrogen-bond donors (Lipinski definition) is 0. The predicted molar refractivity (Wildman–Crippen MR) is 69.9 cm³/mol. The Labute approximate surface area is 106 Å². The molecule has 0 N–H and O–H groups in total. The SMILES string of the molecule is Cc1ccc2cnn(CCCOS(C)(=O)=O)c2c1. The van der Waals surface area contributed by atoms with Crippen molar-refractivity contribution in [3.63, 3.8) is 0 Å². The Morgan fingerprint density at radius 1 is 1.39 bits per heavy atom. The molecule has 1 heterocycles. The van der Waals surface area contributed by atoms with Crippen LogP contribution >= 0.6 is 0 Å². The summed E-state index contributed by atoms with van der Waals surface area (Å²) in [6.07, 6.45) is 3.48. The van der Waals surface area contributed by atoms with Gasteiger partial charge in [0.25, 0.3) is 10.1 Å². The molecule has 0 unspecified atom stereocenters. The van der Waals surface area contributed by atoms with Gasteiger partial charge in [-0.1, -0.05) is 12.1 Å². The largest absolute Gasteiger partial charge is 0.270 e. The zero-order valence-electron chi connectivity index (χ0n) is 10.5. The molecule has 98 valence electrons. The van der Waals surface area contributed by atoms with Crippen molar-refractivity contribution in [3.8, 4) is 0 Å². The summed E-state index contributed by atoms with van der Waals surface area (Å²) in [5, 5.41) is 5.37. The van der Waals surface area contributed by atoms with Crippen molar-refractivity contribution in [3.05, 3.63) is 30.0 Å². The molecule has 0 aliphatic rings. The number of aryl methyl sites for hydroxylation is 2. The average Bonchev–Trinajstić information content (AvgIpc) is 2.66. The quantitative estimate of drug-likeness (QED) is 0.612. The van der Waals surface area contributed by atoms with Gasteiger partial charge in [0, 0.05) is 11.9 Å². The van der Waals surface area contributed by atoms with Gasteiger partial charge >= 0.3 is 0 Å². The van der Waals surface area contributed by atoms with E-state index in [0.717, 1.165) is 17.2 Å². The van der Waals surface area contributed by atoms with Gasteiger partial charge in [-0.05, 0) is 25.0 Å². The molecule has 0 amide bonds. The first kappa shape index (κ1) is 13.0. The summed E-state index contributed by atoms with van der Waals surface area (Å²) >= 11 is 0. The second-order valence-electron chi connectivity index (χ2n) is 4.31. The first-order chi connectivity index (χ1) is 8.46. The van der Waals surface area contributed by atoms with E-state index < -0.39 is 10.1 Å². The molecule has 2 rings (SSSR count). The summed E-state index contributed by atoms with van der Waals surface area (Å²) in [4.78, 5) is 0. The van der Waals surface area contributed by atoms with Crippen molar-refractivity contribution in [2.75, 3.05) is 12.9 Å². The molecule has 1 aromatic heterocycles. The molecule has 0 saturated carbocycles. The average molecular weight is 268 g/mol. The van der Waals surface area contributed by atoms with Crippen LogP contribution < -0.4 is 0 Å². The van der Waals surface area contributed by atoms with Crippen molar-refractivity contribution >= 4 is 21.0 Å².